The molecule has 0 aromatic carbocycles. The van der Waals surface area contributed by atoms with Gasteiger partial charge in [-0.05, 0) is 6.07 Å². The van der Waals surface area contributed by atoms with Gasteiger partial charge in [0, 0.05) is 24.7 Å². The van der Waals surface area contributed by atoms with Gasteiger partial charge in [-0.1, -0.05) is 0 Å². The first-order valence-electron chi connectivity index (χ1n) is 4.91. The van der Waals surface area contributed by atoms with Gasteiger partial charge in [0.1, 0.15) is 5.82 Å². The minimum atomic E-state index is -0.401. The number of aromatic nitrogens is 2. The van der Waals surface area contributed by atoms with Crippen LogP contribution in [0.1, 0.15) is 5.69 Å². The second kappa shape index (κ2) is 4.41. The van der Waals surface area contributed by atoms with Gasteiger partial charge in [-0.3, -0.25) is 0 Å². The van der Waals surface area contributed by atoms with Gasteiger partial charge in [0.25, 0.3) is 0 Å². The third kappa shape index (κ3) is 2.77. The number of ether oxygens (including phenoxy) is 1. The molecule has 1 aliphatic heterocycles. The molecule has 0 bridgehead atoms. The molecule has 6 heteroatoms. The van der Waals surface area contributed by atoms with Crippen LogP contribution in [0.4, 0.5) is 5.82 Å². The van der Waals surface area contributed by atoms with Gasteiger partial charge in [-0.25, -0.2) is 4.79 Å². The lowest BCUT2D eigenvalue weighted by Gasteiger charge is -2.23. The molecule has 1 saturated heterocycles. The van der Waals surface area contributed by atoms with Crippen molar-refractivity contribution in [3.05, 3.63) is 22.2 Å². The molecule has 1 aromatic heterocycles. The molecule has 0 radical (unpaired) electrons. The monoisotopic (exact) mass is 210 g/mol. The van der Waals surface area contributed by atoms with Crippen molar-refractivity contribution in [3.8, 4) is 0 Å². The second-order valence-electron chi connectivity index (χ2n) is 3.57. The van der Waals surface area contributed by atoms with E-state index in [-0.39, 0.29) is 11.9 Å². The average molecular weight is 210 g/mol. The maximum absolute atomic E-state index is 11.1. The first-order valence-corrected chi connectivity index (χ1v) is 4.91. The highest BCUT2D eigenvalue weighted by molar-refractivity contribution is 5.28. The molecule has 1 aliphatic rings. The Kier molecular flexibility index (Phi) is 2.98. The highest BCUT2D eigenvalue weighted by atomic mass is 16.5. The molecule has 0 amide bonds. The minimum Gasteiger partial charge on any atom is -0.383 e. The molecule has 1 fully saturated rings. The summed E-state index contributed by atoms with van der Waals surface area (Å²) in [6.07, 6.45) is 0.696. The number of hydrogen-bond acceptors (Lipinski definition) is 5. The summed E-state index contributed by atoms with van der Waals surface area (Å²) in [6, 6.07) is 1.91. The zero-order valence-electron chi connectivity index (χ0n) is 8.32. The summed E-state index contributed by atoms with van der Waals surface area (Å²) < 4.78 is 5.31. The van der Waals surface area contributed by atoms with E-state index in [2.05, 4.69) is 15.3 Å². The fourth-order valence-electron chi connectivity index (χ4n) is 1.66. The van der Waals surface area contributed by atoms with Crippen molar-refractivity contribution in [2.24, 2.45) is 0 Å². The summed E-state index contributed by atoms with van der Waals surface area (Å²) >= 11 is 0. The molecular weight excluding hydrogens is 196 g/mol. The first kappa shape index (κ1) is 10.1. The zero-order valence-corrected chi connectivity index (χ0v) is 8.32. The standard InChI is InChI=1S/C9H14N4O2/c10-8-4-6(12-9(14)13-8)3-7-5-15-2-1-11-7/h4,7,11H,1-3,5H2,(H3,10,12,13,14). The maximum atomic E-state index is 11.1. The molecule has 1 atom stereocenters. The van der Waals surface area contributed by atoms with E-state index >= 15 is 0 Å². The Morgan fingerprint density at radius 3 is 3.20 bits per heavy atom. The smallest absolute Gasteiger partial charge is 0.347 e. The van der Waals surface area contributed by atoms with Crippen molar-refractivity contribution < 1.29 is 4.74 Å². The number of H-pyrrole nitrogens is 1. The fraction of sp³-hybridized carbons (Fsp3) is 0.556. The van der Waals surface area contributed by atoms with Crippen LogP contribution in [0.3, 0.4) is 0 Å². The minimum absolute atomic E-state index is 0.233. The number of nitrogens with one attached hydrogen (secondary N) is 2. The van der Waals surface area contributed by atoms with Crippen LogP contribution in [0.25, 0.3) is 0 Å². The molecule has 6 nitrogen and oxygen atoms in total. The van der Waals surface area contributed by atoms with Crippen LogP contribution in [-0.2, 0) is 11.2 Å². The van der Waals surface area contributed by atoms with E-state index in [1.807, 2.05) is 0 Å². The number of rotatable bonds is 2. The largest absolute Gasteiger partial charge is 0.383 e. The topological polar surface area (TPSA) is 93.0 Å². The van der Waals surface area contributed by atoms with E-state index in [9.17, 15) is 4.79 Å². The number of nitrogen functional groups attached to an aromatic ring is 1. The molecule has 1 unspecified atom stereocenters. The van der Waals surface area contributed by atoms with Gasteiger partial charge < -0.3 is 20.8 Å². The molecule has 2 heterocycles. The van der Waals surface area contributed by atoms with Gasteiger partial charge in [-0.2, -0.15) is 4.98 Å². The summed E-state index contributed by atoms with van der Waals surface area (Å²) in [7, 11) is 0. The van der Waals surface area contributed by atoms with Crippen LogP contribution in [0.5, 0.6) is 0 Å². The van der Waals surface area contributed by atoms with E-state index in [4.69, 9.17) is 10.5 Å². The molecule has 2 rings (SSSR count). The predicted molar refractivity (Wildman–Crippen MR) is 55.6 cm³/mol. The lowest BCUT2D eigenvalue weighted by atomic mass is 10.1. The lowest BCUT2D eigenvalue weighted by molar-refractivity contribution is 0.0767. The van der Waals surface area contributed by atoms with Gasteiger partial charge >= 0.3 is 5.69 Å². The summed E-state index contributed by atoms with van der Waals surface area (Å²) in [4.78, 5) is 17.3. The van der Waals surface area contributed by atoms with Crippen LogP contribution in [0.15, 0.2) is 10.9 Å². The van der Waals surface area contributed by atoms with Gasteiger partial charge in [0.05, 0.1) is 13.2 Å². The Morgan fingerprint density at radius 1 is 1.67 bits per heavy atom. The number of anilines is 1. The molecule has 4 N–H and O–H groups in total. The number of hydrogen-bond donors (Lipinski definition) is 3. The van der Waals surface area contributed by atoms with Crippen LogP contribution in [0.2, 0.25) is 0 Å². The number of nitrogens with two attached hydrogens (primary N) is 1. The Morgan fingerprint density at radius 2 is 2.53 bits per heavy atom. The van der Waals surface area contributed by atoms with E-state index in [1.165, 1.54) is 0 Å². The number of aromatic amines is 1. The summed E-state index contributed by atoms with van der Waals surface area (Å²) in [5.41, 5.74) is 5.87. The first-order chi connectivity index (χ1) is 7.24. The summed E-state index contributed by atoms with van der Waals surface area (Å²) in [5, 5.41) is 3.30. The Balaban J connectivity index is 2.06. The predicted octanol–water partition coefficient (Wildman–Crippen LogP) is -1.12. The van der Waals surface area contributed by atoms with E-state index in [0.717, 1.165) is 18.8 Å². The highest BCUT2D eigenvalue weighted by Crippen LogP contribution is 2.03. The van der Waals surface area contributed by atoms with Crippen LogP contribution < -0.4 is 16.7 Å². The third-order valence-corrected chi connectivity index (χ3v) is 2.29. The van der Waals surface area contributed by atoms with E-state index in [1.54, 1.807) is 6.07 Å². The molecule has 0 saturated carbocycles. The quantitative estimate of drug-likeness (QED) is 0.575. The molecular formula is C9H14N4O2. The molecule has 0 aliphatic carbocycles. The third-order valence-electron chi connectivity index (χ3n) is 2.29. The Bertz CT molecular complexity index is 384. The lowest BCUT2D eigenvalue weighted by Crippen LogP contribution is -2.42. The molecule has 1 aromatic rings. The Labute approximate surface area is 86.9 Å². The number of morpholine rings is 1. The number of nitrogens with zero attached hydrogens (tertiary/aromatic N) is 1. The Hall–Kier alpha value is -1.40. The SMILES string of the molecule is Nc1cc(CC2COCCN2)[nH]c(=O)n1. The van der Waals surface area contributed by atoms with E-state index in [0.29, 0.717) is 13.0 Å². The van der Waals surface area contributed by atoms with Crippen molar-refractivity contribution in [1.82, 2.24) is 15.3 Å². The van der Waals surface area contributed by atoms with Crippen molar-refractivity contribution in [2.45, 2.75) is 12.5 Å². The van der Waals surface area contributed by atoms with Crippen LogP contribution in [-0.4, -0.2) is 35.8 Å². The summed E-state index contributed by atoms with van der Waals surface area (Å²) in [5.74, 6) is 0.255. The van der Waals surface area contributed by atoms with Crippen molar-refractivity contribution in [1.29, 1.82) is 0 Å². The fourth-order valence-corrected chi connectivity index (χ4v) is 1.66. The van der Waals surface area contributed by atoms with Gasteiger partial charge in [0.2, 0.25) is 0 Å². The normalized spacial score (nSPS) is 21.5. The maximum Gasteiger partial charge on any atom is 0.347 e. The van der Waals surface area contributed by atoms with Crippen LogP contribution in [0, 0.1) is 0 Å². The molecule has 0 spiro atoms. The van der Waals surface area contributed by atoms with Crippen LogP contribution >= 0.6 is 0 Å². The summed E-state index contributed by atoms with van der Waals surface area (Å²) in [6.45, 7) is 2.24. The second-order valence-corrected chi connectivity index (χ2v) is 3.57. The van der Waals surface area contributed by atoms with Crippen molar-refractivity contribution in [3.63, 3.8) is 0 Å². The van der Waals surface area contributed by atoms with Crippen molar-refractivity contribution in [2.75, 3.05) is 25.5 Å². The van der Waals surface area contributed by atoms with Gasteiger partial charge in [0.15, 0.2) is 0 Å². The molecule has 82 valence electrons. The van der Waals surface area contributed by atoms with Crippen molar-refractivity contribution >= 4 is 5.82 Å². The van der Waals surface area contributed by atoms with E-state index < -0.39 is 5.69 Å². The van der Waals surface area contributed by atoms with Gasteiger partial charge in [-0.15, -0.1) is 0 Å². The molecule has 15 heavy (non-hydrogen) atoms. The zero-order chi connectivity index (χ0) is 10.7. The average Bonchev–Trinajstić information content (AvgIpc) is 2.17. The highest BCUT2D eigenvalue weighted by Gasteiger charge is 2.14.